The molecule has 5 N–H and O–H groups in total. The molecule has 0 aliphatic carbocycles. The smallest absolute Gasteiger partial charge is 0.326 e. The maximum absolute atomic E-state index is 11.8. The Bertz CT molecular complexity index is 541. The number of amides is 1. The molecule has 1 aromatic carbocycles. The highest BCUT2D eigenvalue weighted by molar-refractivity contribution is 5.99. The van der Waals surface area contributed by atoms with E-state index in [1.807, 2.05) is 0 Å². The number of carbonyl (C=O) groups excluding carboxylic acids is 1. The summed E-state index contributed by atoms with van der Waals surface area (Å²) in [5, 5.41) is 38.2. The summed E-state index contributed by atoms with van der Waals surface area (Å²) >= 11 is 0. The van der Waals surface area contributed by atoms with Crippen LogP contribution in [0.1, 0.15) is 23.2 Å². The number of phenolic OH excluding ortho intramolecular Hbond substituents is 2. The van der Waals surface area contributed by atoms with Crippen LogP contribution in [0.5, 0.6) is 11.5 Å². The summed E-state index contributed by atoms with van der Waals surface area (Å²) in [6.45, 7) is 0. The highest BCUT2D eigenvalue weighted by Crippen LogP contribution is 2.28. The molecule has 1 atom stereocenters. The second-order valence-electron chi connectivity index (χ2n) is 3.97. The normalized spacial score (nSPS) is 11.6. The highest BCUT2D eigenvalue weighted by atomic mass is 16.4. The Morgan fingerprint density at radius 3 is 2.35 bits per heavy atom. The van der Waals surface area contributed by atoms with E-state index in [1.54, 1.807) is 0 Å². The molecule has 0 saturated heterocycles. The van der Waals surface area contributed by atoms with Crippen molar-refractivity contribution in [3.8, 4) is 11.5 Å². The van der Waals surface area contributed by atoms with Crippen LogP contribution >= 0.6 is 0 Å². The van der Waals surface area contributed by atoms with Crippen LogP contribution in [-0.2, 0) is 9.59 Å². The van der Waals surface area contributed by atoms with Gasteiger partial charge in [-0.1, -0.05) is 6.07 Å². The van der Waals surface area contributed by atoms with E-state index in [4.69, 9.17) is 10.2 Å². The molecular weight excluding hydrogens is 270 g/mol. The summed E-state index contributed by atoms with van der Waals surface area (Å²) in [6.07, 6.45) is -0.723. The maximum Gasteiger partial charge on any atom is 0.326 e. The molecule has 0 aliphatic heterocycles. The lowest BCUT2D eigenvalue weighted by molar-refractivity contribution is -0.140. The average Bonchev–Trinajstić information content (AvgIpc) is 2.36. The molecule has 1 aromatic rings. The number of carboxylic acid groups (broad SMARTS) is 2. The van der Waals surface area contributed by atoms with Gasteiger partial charge in [0.1, 0.15) is 6.04 Å². The molecule has 0 bridgehead atoms. The number of aliphatic carboxylic acids is 2. The van der Waals surface area contributed by atoms with Crippen LogP contribution in [-0.4, -0.2) is 44.3 Å². The van der Waals surface area contributed by atoms with Crippen molar-refractivity contribution in [1.82, 2.24) is 5.32 Å². The van der Waals surface area contributed by atoms with Crippen molar-refractivity contribution in [2.75, 3.05) is 0 Å². The molecule has 20 heavy (non-hydrogen) atoms. The molecule has 0 fully saturated rings. The minimum atomic E-state index is -1.40. The van der Waals surface area contributed by atoms with Crippen molar-refractivity contribution < 1.29 is 34.8 Å². The highest BCUT2D eigenvalue weighted by Gasteiger charge is 2.23. The molecule has 0 spiro atoms. The van der Waals surface area contributed by atoms with Crippen molar-refractivity contribution in [2.24, 2.45) is 0 Å². The number of benzene rings is 1. The van der Waals surface area contributed by atoms with Crippen molar-refractivity contribution in [2.45, 2.75) is 18.9 Å². The van der Waals surface area contributed by atoms with Crippen molar-refractivity contribution in [3.63, 3.8) is 0 Å². The summed E-state index contributed by atoms with van der Waals surface area (Å²) in [4.78, 5) is 33.1. The Balaban J connectivity index is 2.83. The van der Waals surface area contributed by atoms with E-state index in [9.17, 15) is 24.6 Å². The summed E-state index contributed by atoms with van der Waals surface area (Å²) in [5.41, 5.74) is -0.299. The fourth-order valence-electron chi connectivity index (χ4n) is 1.48. The number of nitrogens with one attached hydrogen (secondary N) is 1. The SMILES string of the molecule is O=C(O)CC[C@@H](NC(=O)c1cccc(O)c1O)C(=O)O. The number of hydrogen-bond acceptors (Lipinski definition) is 5. The second-order valence-corrected chi connectivity index (χ2v) is 3.97. The topological polar surface area (TPSA) is 144 Å². The van der Waals surface area contributed by atoms with Crippen molar-refractivity contribution in [1.29, 1.82) is 0 Å². The van der Waals surface area contributed by atoms with E-state index in [1.165, 1.54) is 12.1 Å². The molecule has 108 valence electrons. The van der Waals surface area contributed by atoms with Gasteiger partial charge in [0, 0.05) is 6.42 Å². The molecule has 0 unspecified atom stereocenters. The van der Waals surface area contributed by atoms with Crippen molar-refractivity contribution in [3.05, 3.63) is 23.8 Å². The number of hydrogen-bond donors (Lipinski definition) is 5. The zero-order valence-electron chi connectivity index (χ0n) is 10.2. The third-order valence-electron chi connectivity index (χ3n) is 2.51. The predicted octanol–water partition coefficient (Wildman–Crippen LogP) is 0.146. The Hall–Kier alpha value is -2.77. The fourth-order valence-corrected chi connectivity index (χ4v) is 1.48. The molecule has 0 radical (unpaired) electrons. The number of para-hydroxylation sites is 1. The first-order chi connectivity index (χ1) is 9.32. The minimum absolute atomic E-state index is 0.296. The van der Waals surface area contributed by atoms with E-state index in [2.05, 4.69) is 5.32 Å². The molecule has 8 heteroatoms. The van der Waals surface area contributed by atoms with Gasteiger partial charge in [0.2, 0.25) is 0 Å². The Morgan fingerprint density at radius 1 is 1.15 bits per heavy atom. The zero-order chi connectivity index (χ0) is 15.3. The number of rotatable bonds is 6. The minimum Gasteiger partial charge on any atom is -0.504 e. The largest absolute Gasteiger partial charge is 0.504 e. The van der Waals surface area contributed by atoms with E-state index < -0.39 is 41.8 Å². The lowest BCUT2D eigenvalue weighted by Crippen LogP contribution is -2.41. The van der Waals surface area contributed by atoms with E-state index in [0.29, 0.717) is 0 Å². The van der Waals surface area contributed by atoms with Gasteiger partial charge in [-0.2, -0.15) is 0 Å². The van der Waals surface area contributed by atoms with Crippen LogP contribution in [0, 0.1) is 0 Å². The molecular formula is C12H13NO7. The lowest BCUT2D eigenvalue weighted by atomic mass is 10.1. The zero-order valence-corrected chi connectivity index (χ0v) is 10.2. The van der Waals surface area contributed by atoms with Crippen molar-refractivity contribution >= 4 is 17.8 Å². The second kappa shape index (κ2) is 6.41. The monoisotopic (exact) mass is 283 g/mol. The van der Waals surface area contributed by atoms with Gasteiger partial charge in [0.05, 0.1) is 5.56 Å². The van der Waals surface area contributed by atoms with Crippen LogP contribution < -0.4 is 5.32 Å². The van der Waals surface area contributed by atoms with Crippen LogP contribution in [0.4, 0.5) is 0 Å². The summed E-state index contributed by atoms with van der Waals surface area (Å²) < 4.78 is 0. The average molecular weight is 283 g/mol. The maximum atomic E-state index is 11.8. The molecule has 1 rings (SSSR count). The van der Waals surface area contributed by atoms with Gasteiger partial charge in [0.25, 0.3) is 5.91 Å². The third kappa shape index (κ3) is 3.87. The molecule has 0 heterocycles. The van der Waals surface area contributed by atoms with Crippen LogP contribution in [0.15, 0.2) is 18.2 Å². The van der Waals surface area contributed by atoms with E-state index in [0.717, 1.165) is 6.07 Å². The first-order valence-corrected chi connectivity index (χ1v) is 5.59. The van der Waals surface area contributed by atoms with Crippen LogP contribution in [0.3, 0.4) is 0 Å². The molecule has 0 aromatic heterocycles. The van der Waals surface area contributed by atoms with Gasteiger partial charge in [-0.15, -0.1) is 0 Å². The number of phenols is 2. The Labute approximate surface area is 113 Å². The van der Waals surface area contributed by atoms with Gasteiger partial charge in [-0.3, -0.25) is 9.59 Å². The first kappa shape index (κ1) is 15.3. The molecule has 8 nitrogen and oxygen atoms in total. The van der Waals surface area contributed by atoms with Crippen LogP contribution in [0.25, 0.3) is 0 Å². The number of carboxylic acids is 2. The summed E-state index contributed by atoms with van der Waals surface area (Å²) in [6, 6.07) is 2.25. The summed E-state index contributed by atoms with van der Waals surface area (Å²) in [7, 11) is 0. The van der Waals surface area contributed by atoms with E-state index in [-0.39, 0.29) is 12.0 Å². The Kier molecular flexibility index (Phi) is 4.90. The Morgan fingerprint density at radius 2 is 1.80 bits per heavy atom. The van der Waals surface area contributed by atoms with Gasteiger partial charge < -0.3 is 25.7 Å². The summed E-state index contributed by atoms with van der Waals surface area (Å²) in [5.74, 6) is -4.69. The predicted molar refractivity (Wildman–Crippen MR) is 65.5 cm³/mol. The lowest BCUT2D eigenvalue weighted by Gasteiger charge is -2.14. The standard InChI is InChI=1S/C12H13NO7/c14-8-3-1-2-6(10(8)17)11(18)13-7(12(19)20)4-5-9(15)16/h1-3,7,14,17H,4-5H2,(H,13,18)(H,15,16)(H,19,20)/t7-/m1/s1. The number of carbonyl (C=O) groups is 3. The molecule has 1 amide bonds. The van der Waals surface area contributed by atoms with Gasteiger partial charge in [-0.25, -0.2) is 4.79 Å². The van der Waals surface area contributed by atoms with Crippen LogP contribution in [0.2, 0.25) is 0 Å². The molecule has 0 saturated carbocycles. The number of aromatic hydroxyl groups is 2. The van der Waals surface area contributed by atoms with E-state index >= 15 is 0 Å². The first-order valence-electron chi connectivity index (χ1n) is 5.59. The third-order valence-corrected chi connectivity index (χ3v) is 2.51. The van der Waals surface area contributed by atoms with Gasteiger partial charge >= 0.3 is 11.9 Å². The van der Waals surface area contributed by atoms with Gasteiger partial charge in [0.15, 0.2) is 11.5 Å². The fraction of sp³-hybridized carbons (Fsp3) is 0.250. The van der Waals surface area contributed by atoms with Gasteiger partial charge in [-0.05, 0) is 18.6 Å². The quantitative estimate of drug-likeness (QED) is 0.467. The molecule has 0 aliphatic rings.